The van der Waals surface area contributed by atoms with Gasteiger partial charge in [0.15, 0.2) is 0 Å². The number of benzene rings is 1. The standard InChI is InChI=1S/C19H26O4Si/c1-6-15(17(20)22-2)16-10-8-7-9-14(16)13-23-18(21)19(11-12-19)24(3,4)5/h6-10H,11-13H2,1-5H3. The van der Waals surface area contributed by atoms with Crippen molar-refractivity contribution in [3.8, 4) is 0 Å². The number of esters is 2. The van der Waals surface area contributed by atoms with Crippen molar-refractivity contribution in [2.45, 2.75) is 51.1 Å². The van der Waals surface area contributed by atoms with Crippen molar-refractivity contribution < 1.29 is 19.1 Å². The maximum Gasteiger partial charge on any atom is 0.338 e. The van der Waals surface area contributed by atoms with Gasteiger partial charge in [-0.25, -0.2) is 4.79 Å². The van der Waals surface area contributed by atoms with Gasteiger partial charge in [-0.05, 0) is 30.9 Å². The first kappa shape index (κ1) is 18.5. The van der Waals surface area contributed by atoms with Crippen LogP contribution in [0.3, 0.4) is 0 Å². The van der Waals surface area contributed by atoms with E-state index < -0.39 is 14.0 Å². The van der Waals surface area contributed by atoms with Gasteiger partial charge in [0.25, 0.3) is 0 Å². The minimum atomic E-state index is -1.60. The summed E-state index contributed by atoms with van der Waals surface area (Å²) in [6.07, 6.45) is 3.59. The van der Waals surface area contributed by atoms with Crippen molar-refractivity contribution in [2.75, 3.05) is 7.11 Å². The molecule has 1 fully saturated rings. The van der Waals surface area contributed by atoms with Crippen LogP contribution in [-0.2, 0) is 25.7 Å². The zero-order chi connectivity index (χ0) is 18.0. The third kappa shape index (κ3) is 3.46. The maximum absolute atomic E-state index is 12.6. The number of hydrogen-bond donors (Lipinski definition) is 0. The van der Waals surface area contributed by atoms with Crippen LogP contribution in [0, 0.1) is 0 Å². The number of carbonyl (C=O) groups excluding carboxylic acids is 2. The molecule has 0 spiro atoms. The Kier molecular flexibility index (Phi) is 5.33. The van der Waals surface area contributed by atoms with Crippen LogP contribution in [0.2, 0.25) is 24.7 Å². The first-order valence-corrected chi connectivity index (χ1v) is 11.8. The molecule has 24 heavy (non-hydrogen) atoms. The highest BCUT2D eigenvalue weighted by Crippen LogP contribution is 2.61. The molecule has 5 heteroatoms. The van der Waals surface area contributed by atoms with Gasteiger partial charge in [0.2, 0.25) is 0 Å². The Morgan fingerprint density at radius 1 is 1.21 bits per heavy atom. The second-order valence-corrected chi connectivity index (χ2v) is 12.7. The van der Waals surface area contributed by atoms with E-state index >= 15 is 0 Å². The van der Waals surface area contributed by atoms with Crippen molar-refractivity contribution in [3.05, 3.63) is 41.5 Å². The van der Waals surface area contributed by atoms with Crippen LogP contribution < -0.4 is 0 Å². The Bertz CT molecular complexity index is 666. The fourth-order valence-electron chi connectivity index (χ4n) is 3.07. The first-order valence-electron chi connectivity index (χ1n) is 8.27. The highest BCUT2D eigenvalue weighted by atomic mass is 28.3. The van der Waals surface area contributed by atoms with Crippen molar-refractivity contribution in [1.82, 2.24) is 0 Å². The highest BCUT2D eigenvalue weighted by Gasteiger charge is 2.59. The van der Waals surface area contributed by atoms with Crippen LogP contribution in [0.25, 0.3) is 5.57 Å². The SMILES string of the molecule is CC=C(C(=O)OC)c1ccccc1COC(=O)C1([Si](C)(C)C)CC1. The van der Waals surface area contributed by atoms with Crippen LogP contribution in [0.1, 0.15) is 30.9 Å². The van der Waals surface area contributed by atoms with Gasteiger partial charge in [0, 0.05) is 0 Å². The number of rotatable bonds is 6. The van der Waals surface area contributed by atoms with Gasteiger partial charge in [-0.15, -0.1) is 0 Å². The van der Waals surface area contributed by atoms with E-state index in [9.17, 15) is 9.59 Å². The van der Waals surface area contributed by atoms with E-state index in [2.05, 4.69) is 19.6 Å². The molecular weight excluding hydrogens is 320 g/mol. The van der Waals surface area contributed by atoms with Crippen LogP contribution >= 0.6 is 0 Å². The molecule has 0 heterocycles. The minimum Gasteiger partial charge on any atom is -0.465 e. The monoisotopic (exact) mass is 346 g/mol. The molecule has 1 aromatic carbocycles. The molecule has 4 nitrogen and oxygen atoms in total. The second kappa shape index (κ2) is 6.93. The quantitative estimate of drug-likeness (QED) is 0.440. The molecule has 1 aliphatic rings. The Morgan fingerprint density at radius 2 is 1.83 bits per heavy atom. The van der Waals surface area contributed by atoms with Crippen molar-refractivity contribution in [3.63, 3.8) is 0 Å². The normalized spacial score (nSPS) is 16.5. The summed E-state index contributed by atoms with van der Waals surface area (Å²) >= 11 is 0. The molecule has 0 unspecified atom stereocenters. The first-order chi connectivity index (χ1) is 11.3. The Hall–Kier alpha value is -1.88. The molecule has 1 aromatic rings. The van der Waals surface area contributed by atoms with Gasteiger partial charge in [0.05, 0.1) is 25.8 Å². The molecule has 0 N–H and O–H groups in total. The third-order valence-corrected chi connectivity index (χ3v) is 8.51. The van der Waals surface area contributed by atoms with Gasteiger partial charge in [0.1, 0.15) is 6.61 Å². The molecule has 0 atom stereocenters. The van der Waals surface area contributed by atoms with Crippen molar-refractivity contribution >= 4 is 25.6 Å². The maximum atomic E-state index is 12.6. The highest BCUT2D eigenvalue weighted by molar-refractivity contribution is 6.83. The molecule has 1 aliphatic carbocycles. The van der Waals surface area contributed by atoms with Crippen molar-refractivity contribution in [2.24, 2.45) is 0 Å². The fraction of sp³-hybridized carbons (Fsp3) is 0.474. The zero-order valence-corrected chi connectivity index (χ0v) is 16.1. The molecule has 0 bridgehead atoms. The summed E-state index contributed by atoms with van der Waals surface area (Å²) in [5.41, 5.74) is 2.05. The summed E-state index contributed by atoms with van der Waals surface area (Å²) in [7, 11) is -0.241. The van der Waals surface area contributed by atoms with Crippen LogP contribution in [0.4, 0.5) is 0 Å². The van der Waals surface area contributed by atoms with E-state index in [1.54, 1.807) is 13.0 Å². The topological polar surface area (TPSA) is 52.6 Å². The Morgan fingerprint density at radius 3 is 2.33 bits per heavy atom. The van der Waals surface area contributed by atoms with E-state index in [1.165, 1.54) is 7.11 Å². The number of ether oxygens (including phenoxy) is 2. The molecule has 1 saturated carbocycles. The van der Waals surface area contributed by atoms with Crippen LogP contribution in [0.15, 0.2) is 30.3 Å². The largest absolute Gasteiger partial charge is 0.465 e. The number of allylic oxidation sites excluding steroid dienone is 1. The van der Waals surface area contributed by atoms with E-state index in [4.69, 9.17) is 9.47 Å². The fourth-order valence-corrected chi connectivity index (χ4v) is 5.38. The lowest BCUT2D eigenvalue weighted by Crippen LogP contribution is -2.36. The summed E-state index contributed by atoms with van der Waals surface area (Å²) in [4.78, 5) is 24.5. The summed E-state index contributed by atoms with van der Waals surface area (Å²) in [5, 5.41) is -0.228. The Labute approximate surface area is 144 Å². The van der Waals surface area contributed by atoms with Gasteiger partial charge in [-0.3, -0.25) is 4.79 Å². The van der Waals surface area contributed by atoms with Gasteiger partial charge < -0.3 is 9.47 Å². The Balaban J connectivity index is 2.17. The van der Waals surface area contributed by atoms with Crippen molar-refractivity contribution in [1.29, 1.82) is 0 Å². The molecule has 2 rings (SSSR count). The summed E-state index contributed by atoms with van der Waals surface area (Å²) < 4.78 is 10.5. The van der Waals surface area contributed by atoms with Crippen LogP contribution in [-0.4, -0.2) is 27.1 Å². The number of methoxy groups -OCH3 is 1. The predicted octanol–water partition coefficient (Wildman–Crippen LogP) is 4.18. The van der Waals surface area contributed by atoms with E-state index in [-0.39, 0.29) is 17.6 Å². The second-order valence-electron chi connectivity index (χ2n) is 7.26. The summed E-state index contributed by atoms with van der Waals surface area (Å²) in [6.45, 7) is 8.61. The number of hydrogen-bond acceptors (Lipinski definition) is 4. The van der Waals surface area contributed by atoms with Gasteiger partial charge in [-0.1, -0.05) is 50.0 Å². The van der Waals surface area contributed by atoms with E-state index in [0.717, 1.165) is 24.0 Å². The average molecular weight is 346 g/mol. The average Bonchev–Trinajstić information content (AvgIpc) is 3.35. The molecule has 0 aliphatic heterocycles. The van der Waals surface area contributed by atoms with Gasteiger partial charge in [-0.2, -0.15) is 0 Å². The summed E-state index contributed by atoms with van der Waals surface area (Å²) in [6, 6.07) is 7.46. The number of carbonyl (C=O) groups is 2. The molecular formula is C19H26O4Si. The summed E-state index contributed by atoms with van der Waals surface area (Å²) in [5.74, 6) is -0.478. The predicted molar refractivity (Wildman–Crippen MR) is 97.2 cm³/mol. The molecule has 0 radical (unpaired) electrons. The smallest absolute Gasteiger partial charge is 0.338 e. The lowest BCUT2D eigenvalue weighted by Gasteiger charge is -2.27. The molecule has 0 amide bonds. The lowest BCUT2D eigenvalue weighted by molar-refractivity contribution is -0.146. The molecule has 0 saturated heterocycles. The lowest BCUT2D eigenvalue weighted by atomic mass is 10.00. The van der Waals surface area contributed by atoms with Crippen LogP contribution in [0.5, 0.6) is 0 Å². The van der Waals surface area contributed by atoms with Gasteiger partial charge >= 0.3 is 11.9 Å². The third-order valence-electron chi connectivity index (χ3n) is 4.94. The minimum absolute atomic E-state index is 0.0865. The molecule has 130 valence electrons. The zero-order valence-electron chi connectivity index (χ0n) is 15.1. The van der Waals surface area contributed by atoms with E-state index in [1.807, 2.05) is 24.3 Å². The van der Waals surface area contributed by atoms with E-state index in [0.29, 0.717) is 5.57 Å². The molecule has 0 aromatic heterocycles.